The molecular formula is C23H22N4O4S2. The molecular weight excluding hydrogens is 460 g/mol. The summed E-state index contributed by atoms with van der Waals surface area (Å²) < 4.78 is 8.67. The third kappa shape index (κ3) is 4.21. The molecule has 1 N–H and O–H groups in total. The maximum atomic E-state index is 13.5. The summed E-state index contributed by atoms with van der Waals surface area (Å²) in [6.07, 6.45) is 5.13. The summed E-state index contributed by atoms with van der Waals surface area (Å²) >= 11 is 2.82. The molecule has 0 saturated carbocycles. The van der Waals surface area contributed by atoms with Crippen LogP contribution in [0.5, 0.6) is 0 Å². The number of rotatable bonds is 6. The number of benzene rings is 1. The van der Waals surface area contributed by atoms with Crippen molar-refractivity contribution in [1.29, 1.82) is 0 Å². The second-order valence-electron chi connectivity index (χ2n) is 7.84. The fourth-order valence-electron chi connectivity index (χ4n) is 4.13. The SMILES string of the molecule is CSc1cccc(NC(=O)Cn2c(=O)n(C[C@@H]3CCCO3)c(=O)c3sc4ncccc4c32)c1. The van der Waals surface area contributed by atoms with E-state index in [0.717, 1.165) is 17.7 Å². The summed E-state index contributed by atoms with van der Waals surface area (Å²) in [5.41, 5.74) is 0.229. The lowest BCUT2D eigenvalue weighted by atomic mass is 10.2. The first-order chi connectivity index (χ1) is 16.0. The minimum Gasteiger partial charge on any atom is -0.376 e. The molecule has 170 valence electrons. The van der Waals surface area contributed by atoms with E-state index in [9.17, 15) is 14.4 Å². The Kier molecular flexibility index (Phi) is 6.05. The molecule has 4 heterocycles. The molecule has 0 bridgehead atoms. The zero-order valence-corrected chi connectivity index (χ0v) is 19.6. The Morgan fingerprint density at radius 2 is 2.15 bits per heavy atom. The summed E-state index contributed by atoms with van der Waals surface area (Å²) in [6.45, 7) is 0.582. The molecule has 33 heavy (non-hydrogen) atoms. The van der Waals surface area contributed by atoms with Crippen LogP contribution >= 0.6 is 23.1 Å². The van der Waals surface area contributed by atoms with Crippen LogP contribution in [0.4, 0.5) is 5.69 Å². The first-order valence-electron chi connectivity index (χ1n) is 10.6. The molecule has 1 fully saturated rings. The van der Waals surface area contributed by atoms with E-state index in [1.54, 1.807) is 30.1 Å². The highest BCUT2D eigenvalue weighted by Gasteiger charge is 2.24. The van der Waals surface area contributed by atoms with Crippen molar-refractivity contribution in [2.45, 2.75) is 36.9 Å². The van der Waals surface area contributed by atoms with Crippen LogP contribution in [0.3, 0.4) is 0 Å². The summed E-state index contributed by atoms with van der Waals surface area (Å²) in [5, 5.41) is 3.56. The molecule has 1 amide bonds. The van der Waals surface area contributed by atoms with Crippen molar-refractivity contribution in [2.24, 2.45) is 0 Å². The monoisotopic (exact) mass is 482 g/mol. The lowest BCUT2D eigenvalue weighted by Crippen LogP contribution is -2.43. The van der Waals surface area contributed by atoms with E-state index in [4.69, 9.17) is 4.74 Å². The predicted octanol–water partition coefficient (Wildman–Crippen LogP) is 3.31. The number of amides is 1. The molecule has 0 radical (unpaired) electrons. The van der Waals surface area contributed by atoms with Crippen LogP contribution in [-0.2, 0) is 22.6 Å². The second-order valence-corrected chi connectivity index (χ2v) is 9.71. The fourth-order valence-corrected chi connectivity index (χ4v) is 5.68. The molecule has 4 aromatic rings. The van der Waals surface area contributed by atoms with Crippen LogP contribution in [0, 0.1) is 0 Å². The van der Waals surface area contributed by atoms with Gasteiger partial charge in [-0.25, -0.2) is 9.78 Å². The highest BCUT2D eigenvalue weighted by molar-refractivity contribution is 7.98. The Balaban J connectivity index is 1.60. The largest absolute Gasteiger partial charge is 0.376 e. The molecule has 1 aliphatic heterocycles. The van der Waals surface area contributed by atoms with Gasteiger partial charge >= 0.3 is 5.69 Å². The number of nitrogens with one attached hydrogen (secondary N) is 1. The summed E-state index contributed by atoms with van der Waals surface area (Å²) in [7, 11) is 0. The van der Waals surface area contributed by atoms with E-state index in [0.29, 0.717) is 32.7 Å². The van der Waals surface area contributed by atoms with Crippen LogP contribution < -0.4 is 16.6 Å². The topological polar surface area (TPSA) is 95.2 Å². The first-order valence-corrected chi connectivity index (χ1v) is 12.7. The Labute approximate surface area is 197 Å². The van der Waals surface area contributed by atoms with Crippen molar-refractivity contribution in [3.63, 3.8) is 0 Å². The average molecular weight is 483 g/mol. The third-order valence-corrected chi connectivity index (χ3v) is 7.49. The highest BCUT2D eigenvalue weighted by atomic mass is 32.2. The standard InChI is InChI=1S/C23H22N4O4S2/c1-32-16-7-2-5-14(11-16)25-18(28)13-26-19-17-8-3-9-24-21(17)33-20(19)22(29)27(23(26)30)12-15-6-4-10-31-15/h2-3,5,7-9,11,15H,4,6,10,12-13H2,1H3,(H,25,28)/t15-/m0/s1. The number of hydrogen-bond acceptors (Lipinski definition) is 7. The van der Waals surface area contributed by atoms with Gasteiger partial charge in [-0.2, -0.15) is 0 Å². The summed E-state index contributed by atoms with van der Waals surface area (Å²) in [6, 6.07) is 11.1. The van der Waals surface area contributed by atoms with E-state index in [-0.39, 0.29) is 30.7 Å². The lowest BCUT2D eigenvalue weighted by molar-refractivity contribution is -0.116. The molecule has 0 spiro atoms. The van der Waals surface area contributed by atoms with Gasteiger partial charge in [0.15, 0.2) is 0 Å². The molecule has 1 saturated heterocycles. The minimum atomic E-state index is -0.514. The molecule has 1 aromatic carbocycles. The zero-order chi connectivity index (χ0) is 22.9. The van der Waals surface area contributed by atoms with Crippen molar-refractivity contribution in [3.05, 3.63) is 63.4 Å². The van der Waals surface area contributed by atoms with Crippen molar-refractivity contribution < 1.29 is 9.53 Å². The maximum absolute atomic E-state index is 13.5. The molecule has 8 nitrogen and oxygen atoms in total. The van der Waals surface area contributed by atoms with Crippen molar-refractivity contribution >= 4 is 55.1 Å². The molecule has 5 rings (SSSR count). The number of carbonyl (C=O) groups excluding carboxylic acids is 1. The molecule has 1 aliphatic rings. The number of pyridine rings is 1. The molecule has 0 aliphatic carbocycles. The number of thioether (sulfide) groups is 1. The van der Waals surface area contributed by atoms with Gasteiger partial charge < -0.3 is 10.1 Å². The van der Waals surface area contributed by atoms with Gasteiger partial charge in [-0.3, -0.25) is 18.7 Å². The number of anilines is 1. The number of nitrogens with zero attached hydrogens (tertiary/aromatic N) is 3. The smallest absolute Gasteiger partial charge is 0.332 e. The van der Waals surface area contributed by atoms with Gasteiger partial charge in [0.1, 0.15) is 16.1 Å². The van der Waals surface area contributed by atoms with Gasteiger partial charge in [0, 0.05) is 28.8 Å². The number of carbonyl (C=O) groups is 1. The predicted molar refractivity (Wildman–Crippen MR) is 131 cm³/mol. The quantitative estimate of drug-likeness (QED) is 0.424. The number of hydrogen-bond donors (Lipinski definition) is 1. The van der Waals surface area contributed by atoms with Crippen molar-refractivity contribution in [1.82, 2.24) is 14.1 Å². The average Bonchev–Trinajstić information content (AvgIpc) is 3.47. The fraction of sp³-hybridized carbons (Fsp3) is 0.304. The van der Waals surface area contributed by atoms with E-state index in [2.05, 4.69) is 10.3 Å². The molecule has 3 aromatic heterocycles. The van der Waals surface area contributed by atoms with E-state index in [1.807, 2.05) is 30.5 Å². The highest BCUT2D eigenvalue weighted by Crippen LogP contribution is 2.29. The van der Waals surface area contributed by atoms with Gasteiger partial charge in [-0.1, -0.05) is 6.07 Å². The van der Waals surface area contributed by atoms with Crippen LogP contribution in [0.25, 0.3) is 20.4 Å². The first kappa shape index (κ1) is 21.9. The lowest BCUT2D eigenvalue weighted by Gasteiger charge is -2.15. The van der Waals surface area contributed by atoms with Gasteiger partial charge in [0.2, 0.25) is 5.91 Å². The van der Waals surface area contributed by atoms with Gasteiger partial charge in [0.25, 0.3) is 5.56 Å². The number of aromatic nitrogens is 3. The molecule has 10 heteroatoms. The maximum Gasteiger partial charge on any atom is 0.332 e. The Morgan fingerprint density at radius 3 is 2.94 bits per heavy atom. The van der Waals surface area contributed by atoms with E-state index >= 15 is 0 Å². The van der Waals surface area contributed by atoms with Gasteiger partial charge in [0.05, 0.1) is 18.2 Å². The third-order valence-electron chi connectivity index (χ3n) is 5.68. The Bertz CT molecular complexity index is 1470. The minimum absolute atomic E-state index is 0.173. The molecule has 0 unspecified atom stereocenters. The number of fused-ring (bicyclic) bond motifs is 3. The van der Waals surface area contributed by atoms with E-state index < -0.39 is 5.69 Å². The Hall–Kier alpha value is -2.95. The van der Waals surface area contributed by atoms with Gasteiger partial charge in [-0.05, 0) is 49.4 Å². The summed E-state index contributed by atoms with van der Waals surface area (Å²) in [4.78, 5) is 45.8. The molecule has 1 atom stereocenters. The van der Waals surface area contributed by atoms with E-state index in [1.165, 1.54) is 20.5 Å². The van der Waals surface area contributed by atoms with Crippen molar-refractivity contribution in [3.8, 4) is 0 Å². The van der Waals surface area contributed by atoms with Crippen LogP contribution in [0.2, 0.25) is 0 Å². The number of thiophene rings is 1. The van der Waals surface area contributed by atoms with Gasteiger partial charge in [-0.15, -0.1) is 23.1 Å². The Morgan fingerprint density at radius 1 is 1.27 bits per heavy atom. The number of ether oxygens (including phenoxy) is 1. The summed E-state index contributed by atoms with van der Waals surface area (Å²) in [5.74, 6) is -0.345. The van der Waals surface area contributed by atoms with Crippen LogP contribution in [0.1, 0.15) is 12.8 Å². The zero-order valence-electron chi connectivity index (χ0n) is 17.9. The normalized spacial score (nSPS) is 16.0. The van der Waals surface area contributed by atoms with Crippen LogP contribution in [0.15, 0.2) is 57.1 Å². The van der Waals surface area contributed by atoms with Crippen LogP contribution in [-0.4, -0.2) is 39.0 Å². The second kappa shape index (κ2) is 9.12. The van der Waals surface area contributed by atoms with Crippen molar-refractivity contribution in [2.75, 3.05) is 18.2 Å².